The molecular weight excluding hydrogens is 647 g/mol. The van der Waals surface area contributed by atoms with E-state index in [9.17, 15) is 0 Å². The lowest BCUT2D eigenvalue weighted by Gasteiger charge is -2.13. The van der Waals surface area contributed by atoms with Gasteiger partial charge in [0.25, 0.3) is 0 Å². The standard InChI is InChI=1S/C49H35N3O/c1-2-10-39(11-3-1)52-48-17-9-6-14-45(48)50-49(52)38-24-22-36(23-25-38)34-18-20-35(21-19-34)37-26-30-41(31-27-37)53-42-32-28-40(29-33-42)51-46-15-7-4-12-43(46)44-13-5-8-16-47(44)51/h1-4,6-12,14-33H,5,13H2. The molecule has 1 aliphatic carbocycles. The van der Waals surface area contributed by atoms with Crippen molar-refractivity contribution in [3.63, 3.8) is 0 Å². The molecule has 0 saturated heterocycles. The Bertz CT molecular complexity index is 2750. The average molecular weight is 682 g/mol. The SMILES string of the molecule is C1=Cc2c(c3ccccc3n2-c2ccc(Oc3ccc(-c4ccc(-c5ccc(-c6nc7ccccc7n6-c6ccccc6)cc5)cc4)cc3)cc2)CC1. The topological polar surface area (TPSA) is 32.0 Å². The van der Waals surface area contributed by atoms with Crippen molar-refractivity contribution in [2.75, 3.05) is 0 Å². The first kappa shape index (κ1) is 30.9. The number of nitrogens with zero attached hydrogens (tertiary/aromatic N) is 3. The molecule has 0 amide bonds. The van der Waals surface area contributed by atoms with Gasteiger partial charge in [-0.25, -0.2) is 4.98 Å². The van der Waals surface area contributed by atoms with Crippen molar-refractivity contribution in [2.45, 2.75) is 12.8 Å². The Morgan fingerprint density at radius 2 is 0.981 bits per heavy atom. The van der Waals surface area contributed by atoms with E-state index in [2.05, 4.69) is 173 Å². The second kappa shape index (κ2) is 13.0. The minimum Gasteiger partial charge on any atom is -0.457 e. The number of hydrogen-bond donors (Lipinski definition) is 0. The third-order valence-electron chi connectivity index (χ3n) is 10.3. The van der Waals surface area contributed by atoms with Crippen molar-refractivity contribution in [1.29, 1.82) is 0 Å². The maximum atomic E-state index is 6.28. The number of ether oxygens (including phenoxy) is 1. The number of imidazole rings is 1. The van der Waals surface area contributed by atoms with Crippen LogP contribution in [0.4, 0.5) is 0 Å². The first-order chi connectivity index (χ1) is 26.3. The Labute approximate surface area is 308 Å². The van der Waals surface area contributed by atoms with Crippen LogP contribution in [0.25, 0.3) is 73.0 Å². The highest BCUT2D eigenvalue weighted by molar-refractivity contribution is 5.91. The van der Waals surface area contributed by atoms with Gasteiger partial charge in [-0.05, 0) is 113 Å². The van der Waals surface area contributed by atoms with Crippen LogP contribution in [0.2, 0.25) is 0 Å². The van der Waals surface area contributed by atoms with E-state index in [-0.39, 0.29) is 0 Å². The lowest BCUT2D eigenvalue weighted by Crippen LogP contribution is -2.00. The molecule has 0 bridgehead atoms. The third-order valence-corrected chi connectivity index (χ3v) is 10.3. The summed E-state index contributed by atoms with van der Waals surface area (Å²) >= 11 is 0. The van der Waals surface area contributed by atoms with E-state index >= 15 is 0 Å². The third kappa shape index (κ3) is 5.62. The highest BCUT2D eigenvalue weighted by Crippen LogP contribution is 2.36. The minimum absolute atomic E-state index is 0.811. The zero-order chi connectivity index (χ0) is 35.1. The number of aromatic nitrogens is 3. The van der Waals surface area contributed by atoms with Gasteiger partial charge in [0.15, 0.2) is 0 Å². The van der Waals surface area contributed by atoms with Gasteiger partial charge in [-0.2, -0.15) is 0 Å². The number of hydrogen-bond acceptors (Lipinski definition) is 2. The molecule has 0 unspecified atom stereocenters. The normalized spacial score (nSPS) is 12.3. The van der Waals surface area contributed by atoms with E-state index < -0.39 is 0 Å². The largest absolute Gasteiger partial charge is 0.457 e. The molecule has 0 radical (unpaired) electrons. The molecule has 252 valence electrons. The van der Waals surface area contributed by atoms with Crippen molar-refractivity contribution >= 4 is 28.0 Å². The van der Waals surface area contributed by atoms with Crippen LogP contribution < -0.4 is 4.74 Å². The lowest BCUT2D eigenvalue weighted by atomic mass is 9.99. The van der Waals surface area contributed by atoms with Crippen molar-refractivity contribution < 1.29 is 4.74 Å². The van der Waals surface area contributed by atoms with Crippen LogP contribution in [0.1, 0.15) is 17.7 Å². The molecule has 10 rings (SSSR count). The van der Waals surface area contributed by atoms with Crippen LogP contribution in [0.15, 0.2) is 182 Å². The van der Waals surface area contributed by atoms with Gasteiger partial charge in [0, 0.05) is 28.0 Å². The molecule has 0 aliphatic heterocycles. The van der Waals surface area contributed by atoms with Gasteiger partial charge in [0.2, 0.25) is 0 Å². The molecule has 4 nitrogen and oxygen atoms in total. The van der Waals surface area contributed by atoms with Crippen LogP contribution in [0.3, 0.4) is 0 Å². The molecule has 2 aromatic heterocycles. The molecule has 9 aromatic rings. The first-order valence-electron chi connectivity index (χ1n) is 18.2. The predicted octanol–water partition coefficient (Wildman–Crippen LogP) is 12.7. The Morgan fingerprint density at radius 3 is 1.66 bits per heavy atom. The van der Waals surface area contributed by atoms with Crippen LogP contribution in [0.5, 0.6) is 11.5 Å². The highest BCUT2D eigenvalue weighted by Gasteiger charge is 2.18. The van der Waals surface area contributed by atoms with Crippen LogP contribution in [0, 0.1) is 0 Å². The van der Waals surface area contributed by atoms with E-state index in [4.69, 9.17) is 9.72 Å². The highest BCUT2D eigenvalue weighted by atomic mass is 16.5. The summed E-state index contributed by atoms with van der Waals surface area (Å²) in [5, 5.41) is 1.34. The molecular formula is C49H35N3O. The quantitative estimate of drug-likeness (QED) is 0.168. The van der Waals surface area contributed by atoms with Crippen molar-refractivity contribution in [3.05, 3.63) is 193 Å². The van der Waals surface area contributed by atoms with Crippen LogP contribution in [-0.2, 0) is 6.42 Å². The molecule has 2 heterocycles. The number of rotatable bonds is 7. The monoisotopic (exact) mass is 681 g/mol. The van der Waals surface area contributed by atoms with Gasteiger partial charge in [0.05, 0.1) is 16.6 Å². The van der Waals surface area contributed by atoms with Gasteiger partial charge in [0.1, 0.15) is 17.3 Å². The molecule has 0 saturated carbocycles. The summed E-state index contributed by atoms with van der Waals surface area (Å²) in [6.07, 6.45) is 6.71. The molecule has 7 aromatic carbocycles. The number of para-hydroxylation sites is 4. The number of benzene rings is 7. The van der Waals surface area contributed by atoms with Gasteiger partial charge in [-0.3, -0.25) is 4.57 Å². The van der Waals surface area contributed by atoms with E-state index in [0.717, 1.165) is 69.3 Å². The summed E-state index contributed by atoms with van der Waals surface area (Å²) < 4.78 is 10.9. The molecule has 4 heteroatoms. The van der Waals surface area contributed by atoms with E-state index in [1.54, 1.807) is 0 Å². The Balaban J connectivity index is 0.846. The van der Waals surface area contributed by atoms with E-state index in [0.29, 0.717) is 0 Å². The molecule has 0 N–H and O–H groups in total. The summed E-state index contributed by atoms with van der Waals surface area (Å²) in [7, 11) is 0. The van der Waals surface area contributed by atoms with Crippen LogP contribution in [-0.4, -0.2) is 14.1 Å². The maximum Gasteiger partial charge on any atom is 0.145 e. The second-order valence-corrected chi connectivity index (χ2v) is 13.5. The number of fused-ring (bicyclic) bond motifs is 4. The smallest absolute Gasteiger partial charge is 0.145 e. The average Bonchev–Trinajstić information content (AvgIpc) is 3.79. The Kier molecular flexibility index (Phi) is 7.58. The zero-order valence-corrected chi connectivity index (χ0v) is 29.1. The van der Waals surface area contributed by atoms with Crippen molar-refractivity contribution in [3.8, 4) is 56.5 Å². The molecule has 0 fully saturated rings. The van der Waals surface area contributed by atoms with Gasteiger partial charge < -0.3 is 9.30 Å². The van der Waals surface area contributed by atoms with Crippen molar-refractivity contribution in [1.82, 2.24) is 14.1 Å². The molecule has 0 atom stereocenters. The van der Waals surface area contributed by atoms with Gasteiger partial charge >= 0.3 is 0 Å². The maximum absolute atomic E-state index is 6.28. The fraction of sp³-hybridized carbons (Fsp3) is 0.0408. The molecule has 0 spiro atoms. The first-order valence-corrected chi connectivity index (χ1v) is 18.2. The molecule has 53 heavy (non-hydrogen) atoms. The van der Waals surface area contributed by atoms with E-state index in [1.165, 1.54) is 33.3 Å². The summed E-state index contributed by atoms with van der Waals surface area (Å²) in [5.41, 5.74) is 14.0. The zero-order valence-electron chi connectivity index (χ0n) is 29.1. The Hall–Kier alpha value is -6.91. The summed E-state index contributed by atoms with van der Waals surface area (Å²) in [6, 6.07) is 61.6. The fourth-order valence-corrected chi connectivity index (χ4v) is 7.70. The van der Waals surface area contributed by atoms with Crippen molar-refractivity contribution in [2.24, 2.45) is 0 Å². The minimum atomic E-state index is 0.811. The van der Waals surface area contributed by atoms with E-state index in [1.807, 2.05) is 24.3 Å². The second-order valence-electron chi connectivity index (χ2n) is 13.5. The predicted molar refractivity (Wildman–Crippen MR) is 218 cm³/mol. The summed E-state index contributed by atoms with van der Waals surface area (Å²) in [4.78, 5) is 5.02. The van der Waals surface area contributed by atoms with Gasteiger partial charge in [-0.1, -0.05) is 115 Å². The number of aryl methyl sites for hydroxylation is 1. The molecule has 1 aliphatic rings. The summed E-state index contributed by atoms with van der Waals surface area (Å²) in [5.74, 6) is 2.56. The number of allylic oxidation sites excluding steroid dienone is 1. The Morgan fingerprint density at radius 1 is 0.453 bits per heavy atom. The van der Waals surface area contributed by atoms with Crippen LogP contribution >= 0.6 is 0 Å². The lowest BCUT2D eigenvalue weighted by molar-refractivity contribution is 0.482. The fourth-order valence-electron chi connectivity index (χ4n) is 7.70. The summed E-state index contributed by atoms with van der Waals surface area (Å²) in [6.45, 7) is 0. The van der Waals surface area contributed by atoms with Gasteiger partial charge in [-0.15, -0.1) is 0 Å².